The molecule has 0 fully saturated rings. The Hall–Kier alpha value is -3.54. The van der Waals surface area contributed by atoms with Gasteiger partial charge in [-0.25, -0.2) is 8.42 Å². The zero-order valence-electron chi connectivity index (χ0n) is 16.7. The standard InChI is InChI=1S/C18H24N6O5S/c1-10-4-7-13(8-5-10)30(27,28)23-14-9-6-11(2)24(17(14)26)15(16(19)25)12(3)29-22-18(20)21/h4-9,12,15,23H,1-3H3,(H2,19,25)(H4,20,21,22). The number of carbonyl (C=O) groups excluding carboxylic acids is 1. The average Bonchev–Trinajstić information content (AvgIpc) is 2.65. The smallest absolute Gasteiger partial charge is 0.275 e. The molecule has 11 nitrogen and oxygen atoms in total. The van der Waals surface area contributed by atoms with Crippen LogP contribution >= 0.6 is 0 Å². The molecule has 0 bridgehead atoms. The minimum Gasteiger partial charge on any atom is -0.387 e. The number of oxime groups is 1. The van der Waals surface area contributed by atoms with Gasteiger partial charge in [0.1, 0.15) is 5.69 Å². The van der Waals surface area contributed by atoms with Crippen LogP contribution in [0.5, 0.6) is 0 Å². The highest BCUT2D eigenvalue weighted by Crippen LogP contribution is 2.19. The van der Waals surface area contributed by atoms with Crippen LogP contribution in [0, 0.1) is 13.8 Å². The van der Waals surface area contributed by atoms with Crippen molar-refractivity contribution >= 4 is 27.6 Å². The molecule has 0 saturated heterocycles. The second-order valence-corrected chi connectivity index (χ2v) is 8.34. The quantitative estimate of drug-likeness (QED) is 0.252. The molecule has 2 atom stereocenters. The SMILES string of the molecule is Cc1ccc(S(=O)(=O)Nc2ccc(C)n(C(C(N)=O)C(C)ON=C(N)N)c2=O)cc1. The number of anilines is 1. The number of primary amides is 1. The van der Waals surface area contributed by atoms with Crippen LogP contribution in [-0.2, 0) is 19.7 Å². The van der Waals surface area contributed by atoms with Crippen molar-refractivity contribution in [3.63, 3.8) is 0 Å². The predicted molar refractivity (Wildman–Crippen MR) is 112 cm³/mol. The number of carbonyl (C=O) groups is 1. The van der Waals surface area contributed by atoms with E-state index in [-0.39, 0.29) is 16.5 Å². The summed E-state index contributed by atoms with van der Waals surface area (Å²) in [5.74, 6) is -1.27. The summed E-state index contributed by atoms with van der Waals surface area (Å²) >= 11 is 0. The van der Waals surface area contributed by atoms with Crippen LogP contribution in [0.2, 0.25) is 0 Å². The number of benzene rings is 1. The zero-order chi connectivity index (χ0) is 22.6. The lowest BCUT2D eigenvalue weighted by Crippen LogP contribution is -2.42. The Kier molecular flexibility index (Phi) is 6.72. The first-order valence-corrected chi connectivity index (χ1v) is 10.3. The van der Waals surface area contributed by atoms with E-state index in [1.54, 1.807) is 19.1 Å². The minimum absolute atomic E-state index is 0.0180. The van der Waals surface area contributed by atoms with Crippen molar-refractivity contribution in [2.45, 2.75) is 37.8 Å². The van der Waals surface area contributed by atoms with Crippen LogP contribution in [0.15, 0.2) is 51.2 Å². The molecule has 7 N–H and O–H groups in total. The number of nitrogens with one attached hydrogen (secondary N) is 1. The van der Waals surface area contributed by atoms with E-state index in [0.717, 1.165) is 10.1 Å². The molecule has 0 aliphatic carbocycles. The molecule has 0 saturated carbocycles. The fourth-order valence-corrected chi connectivity index (χ4v) is 3.82. The van der Waals surface area contributed by atoms with E-state index in [1.807, 2.05) is 6.92 Å². The van der Waals surface area contributed by atoms with Gasteiger partial charge >= 0.3 is 0 Å². The van der Waals surface area contributed by atoms with Gasteiger partial charge in [-0.1, -0.05) is 17.7 Å². The van der Waals surface area contributed by atoms with Crippen molar-refractivity contribution in [1.29, 1.82) is 0 Å². The number of pyridine rings is 1. The average molecular weight is 436 g/mol. The maximum absolute atomic E-state index is 13.0. The second kappa shape index (κ2) is 8.86. The normalized spacial score (nSPS) is 13.2. The van der Waals surface area contributed by atoms with Crippen molar-refractivity contribution in [2.75, 3.05) is 4.72 Å². The fourth-order valence-electron chi connectivity index (χ4n) is 2.76. The summed E-state index contributed by atoms with van der Waals surface area (Å²) in [5, 5.41) is 3.38. The van der Waals surface area contributed by atoms with Crippen LogP contribution in [0.25, 0.3) is 0 Å². The van der Waals surface area contributed by atoms with E-state index < -0.39 is 33.6 Å². The van der Waals surface area contributed by atoms with Gasteiger partial charge in [0.2, 0.25) is 11.9 Å². The van der Waals surface area contributed by atoms with Crippen LogP contribution in [0.1, 0.15) is 24.2 Å². The number of hydrogen-bond donors (Lipinski definition) is 4. The lowest BCUT2D eigenvalue weighted by molar-refractivity contribution is -0.125. The highest BCUT2D eigenvalue weighted by molar-refractivity contribution is 7.92. The second-order valence-electron chi connectivity index (χ2n) is 6.66. The summed E-state index contributed by atoms with van der Waals surface area (Å²) in [5.41, 5.74) is 16.1. The van der Waals surface area contributed by atoms with Gasteiger partial charge in [0.05, 0.1) is 4.90 Å². The lowest BCUT2D eigenvalue weighted by Gasteiger charge is -2.24. The third-order valence-corrected chi connectivity index (χ3v) is 5.62. The molecule has 1 amide bonds. The van der Waals surface area contributed by atoms with Gasteiger partial charge in [-0.05, 0) is 50.2 Å². The van der Waals surface area contributed by atoms with Crippen molar-refractivity contribution in [3.05, 3.63) is 58.0 Å². The molecule has 0 radical (unpaired) electrons. The van der Waals surface area contributed by atoms with Crippen LogP contribution in [-0.4, -0.2) is 31.0 Å². The third kappa shape index (κ3) is 5.08. The molecule has 2 aromatic rings. The summed E-state index contributed by atoms with van der Waals surface area (Å²) in [6.07, 6.45) is -1.02. The van der Waals surface area contributed by atoms with Gasteiger partial charge in [0.25, 0.3) is 15.6 Å². The molecule has 1 aromatic heterocycles. The molecule has 1 aromatic carbocycles. The Bertz CT molecular complexity index is 1120. The van der Waals surface area contributed by atoms with Crippen LogP contribution in [0.3, 0.4) is 0 Å². The van der Waals surface area contributed by atoms with Gasteiger partial charge in [-0.2, -0.15) is 0 Å². The Morgan fingerprint density at radius 3 is 2.23 bits per heavy atom. The van der Waals surface area contributed by atoms with E-state index in [0.29, 0.717) is 5.69 Å². The first-order valence-electron chi connectivity index (χ1n) is 8.79. The van der Waals surface area contributed by atoms with Crippen LogP contribution in [0.4, 0.5) is 5.69 Å². The summed E-state index contributed by atoms with van der Waals surface area (Å²) < 4.78 is 28.6. The maximum atomic E-state index is 13.0. The van der Waals surface area contributed by atoms with Gasteiger partial charge in [-0.3, -0.25) is 18.9 Å². The summed E-state index contributed by atoms with van der Waals surface area (Å²) in [6.45, 7) is 4.82. The number of hydrogen-bond acceptors (Lipinski definition) is 6. The number of nitrogens with two attached hydrogens (primary N) is 3. The molecule has 0 aliphatic heterocycles. The molecule has 2 rings (SSSR count). The van der Waals surface area contributed by atoms with Gasteiger partial charge in [0.15, 0.2) is 12.1 Å². The molecule has 2 unspecified atom stereocenters. The van der Waals surface area contributed by atoms with E-state index in [9.17, 15) is 18.0 Å². The Balaban J connectivity index is 2.50. The lowest BCUT2D eigenvalue weighted by atomic mass is 10.1. The van der Waals surface area contributed by atoms with Crippen LogP contribution < -0.4 is 27.5 Å². The predicted octanol–water partition coefficient (Wildman–Crippen LogP) is -0.114. The van der Waals surface area contributed by atoms with Gasteiger partial charge in [0, 0.05) is 5.69 Å². The molecule has 0 spiro atoms. The number of guanidine groups is 1. The summed E-state index contributed by atoms with van der Waals surface area (Å²) in [6, 6.07) is 7.58. The van der Waals surface area contributed by atoms with Gasteiger partial charge < -0.3 is 22.0 Å². The molecule has 0 aliphatic rings. The highest BCUT2D eigenvalue weighted by atomic mass is 32.2. The molecule has 162 valence electrons. The number of rotatable bonds is 8. The van der Waals surface area contributed by atoms with Crippen molar-refractivity contribution in [3.8, 4) is 0 Å². The maximum Gasteiger partial charge on any atom is 0.275 e. The molecule has 12 heteroatoms. The van der Waals surface area contributed by atoms with Crippen molar-refractivity contribution in [2.24, 2.45) is 22.4 Å². The first kappa shape index (κ1) is 22.7. The Labute approximate surface area is 173 Å². The first-order chi connectivity index (χ1) is 13.9. The molecular weight excluding hydrogens is 412 g/mol. The van der Waals surface area contributed by atoms with E-state index in [4.69, 9.17) is 22.0 Å². The number of sulfonamides is 1. The Morgan fingerprint density at radius 1 is 1.10 bits per heavy atom. The minimum atomic E-state index is -4.04. The summed E-state index contributed by atoms with van der Waals surface area (Å²) in [4.78, 5) is 30.1. The number of amides is 1. The topological polar surface area (TPSA) is 185 Å². The molecule has 30 heavy (non-hydrogen) atoms. The zero-order valence-corrected chi connectivity index (χ0v) is 17.5. The van der Waals surface area contributed by atoms with E-state index in [1.165, 1.54) is 31.2 Å². The van der Waals surface area contributed by atoms with Gasteiger partial charge in [-0.15, -0.1) is 0 Å². The fraction of sp³-hybridized carbons (Fsp3) is 0.278. The molecule has 1 heterocycles. The molecular formula is C18H24N6O5S. The van der Waals surface area contributed by atoms with E-state index in [2.05, 4.69) is 9.88 Å². The number of aromatic nitrogens is 1. The van der Waals surface area contributed by atoms with Crippen molar-refractivity contribution < 1.29 is 18.0 Å². The third-order valence-electron chi connectivity index (χ3n) is 4.23. The number of aryl methyl sites for hydroxylation is 2. The highest BCUT2D eigenvalue weighted by Gasteiger charge is 2.30. The summed E-state index contributed by atoms with van der Waals surface area (Å²) in [7, 11) is -4.04. The Morgan fingerprint density at radius 2 is 1.70 bits per heavy atom. The van der Waals surface area contributed by atoms with E-state index >= 15 is 0 Å². The monoisotopic (exact) mass is 436 g/mol. The van der Waals surface area contributed by atoms with Crippen molar-refractivity contribution in [1.82, 2.24) is 4.57 Å². The largest absolute Gasteiger partial charge is 0.387 e. The number of nitrogens with zero attached hydrogens (tertiary/aromatic N) is 2.